The molecule has 0 aromatic heterocycles. The second-order valence-corrected chi connectivity index (χ2v) is 30.5. The predicted molar refractivity (Wildman–Crippen MR) is 447 cm³/mol. The molecule has 6 aromatic carbocycles. The average molecular weight is 1570 g/mol. The molecule has 1 aliphatic carbocycles. The van der Waals surface area contributed by atoms with Gasteiger partial charge in [0.15, 0.2) is 0 Å². The summed E-state index contributed by atoms with van der Waals surface area (Å²) >= 11 is 0. The monoisotopic (exact) mass is 1570 g/mol. The number of esters is 3. The second-order valence-electron chi connectivity index (χ2n) is 30.5. The standard InChI is InChI=1S/C96H132O18/c1-7-13-19-25-31-37-67-106-79-55-43-73(44-56-79)86(98)94(112-91(103)76-49-61-82(62-50-76)109-70-40-34-28-22-16-10-4)89(101)85(97)90(102)95(87(99)74-45-57-80(58-46-74)107-68-38-32-26-20-14-8-2,113-92(104)77-51-63-83(64-52-77)110-71-41-35-29-23-17-11-5)96(94,88(100)75-47-59-81(60-48-75)108-69-39-33-27-21-15-9-3)114-93(105)78-53-65-84(66-54-78)111-72-42-36-30-24-18-12-6/h43-66,85,89-90,97,101-102H,7-42,67-72H2,1-6H3/t85-,89-,90+,94+,95-,96-. The molecule has 0 radical (unpaired) electrons. The predicted octanol–water partition coefficient (Wildman–Crippen LogP) is 22.0. The van der Waals surface area contributed by atoms with E-state index in [-0.39, 0.29) is 40.5 Å². The van der Waals surface area contributed by atoms with Crippen LogP contribution in [0.25, 0.3) is 0 Å². The van der Waals surface area contributed by atoms with Crippen LogP contribution in [0.15, 0.2) is 146 Å². The number of ketones is 3. The van der Waals surface area contributed by atoms with E-state index in [2.05, 4.69) is 41.5 Å². The van der Waals surface area contributed by atoms with Gasteiger partial charge in [0.1, 0.15) is 52.8 Å². The van der Waals surface area contributed by atoms with Gasteiger partial charge in [-0.25, -0.2) is 14.4 Å². The van der Waals surface area contributed by atoms with Gasteiger partial charge in [0.25, 0.3) is 16.8 Å². The summed E-state index contributed by atoms with van der Waals surface area (Å²) in [6.45, 7) is 14.8. The molecule has 0 amide bonds. The highest BCUT2D eigenvalue weighted by molar-refractivity contribution is 6.21. The van der Waals surface area contributed by atoms with Gasteiger partial charge in [-0.05, 0) is 184 Å². The van der Waals surface area contributed by atoms with Crippen molar-refractivity contribution in [1.82, 2.24) is 0 Å². The fourth-order valence-corrected chi connectivity index (χ4v) is 14.7. The number of benzene rings is 6. The van der Waals surface area contributed by atoms with Crippen molar-refractivity contribution in [2.45, 2.75) is 308 Å². The zero-order valence-electron chi connectivity index (χ0n) is 69.3. The van der Waals surface area contributed by atoms with Crippen LogP contribution in [0.5, 0.6) is 34.5 Å². The number of ether oxygens (including phenoxy) is 9. The maximum Gasteiger partial charge on any atom is 0.339 e. The molecular weight excluding hydrogens is 1440 g/mol. The molecule has 114 heavy (non-hydrogen) atoms. The summed E-state index contributed by atoms with van der Waals surface area (Å²) in [5, 5.41) is 41.0. The highest BCUT2D eigenvalue weighted by Gasteiger charge is 2.88. The van der Waals surface area contributed by atoms with Crippen molar-refractivity contribution in [3.8, 4) is 34.5 Å². The minimum atomic E-state index is -4.21. The molecule has 0 bridgehead atoms. The van der Waals surface area contributed by atoms with Crippen LogP contribution < -0.4 is 28.4 Å². The first-order valence-corrected chi connectivity index (χ1v) is 43.3. The highest BCUT2D eigenvalue weighted by Crippen LogP contribution is 2.56. The van der Waals surface area contributed by atoms with Crippen LogP contribution in [0.3, 0.4) is 0 Å². The number of Topliss-reactive ketones (excluding diaryl/α,β-unsaturated/α-hetero) is 3. The molecule has 0 unspecified atom stereocenters. The minimum absolute atomic E-state index is 0.267. The average Bonchev–Trinajstić information content (AvgIpc) is 0.658. The molecule has 1 fully saturated rings. The summed E-state index contributed by atoms with van der Waals surface area (Å²) in [6.07, 6.45) is 26.5. The quantitative estimate of drug-likeness (QED) is 0.0139. The number of carbonyl (C=O) groups excluding carboxylic acids is 6. The molecule has 3 N–H and O–H groups in total. The first-order chi connectivity index (χ1) is 55.6. The molecule has 1 saturated carbocycles. The topological polar surface area (TPSA) is 246 Å². The Kier molecular flexibility index (Phi) is 41.7. The molecule has 7 rings (SSSR count). The van der Waals surface area contributed by atoms with E-state index in [1.165, 1.54) is 146 Å². The van der Waals surface area contributed by atoms with E-state index in [1.807, 2.05) is 0 Å². The number of carbonyl (C=O) groups is 6. The van der Waals surface area contributed by atoms with E-state index in [4.69, 9.17) is 42.6 Å². The van der Waals surface area contributed by atoms with Crippen molar-refractivity contribution in [2.24, 2.45) is 0 Å². The van der Waals surface area contributed by atoms with Gasteiger partial charge < -0.3 is 58.0 Å². The summed E-state index contributed by atoms with van der Waals surface area (Å²) in [5.41, 5.74) is -14.7. The maximum atomic E-state index is 17.9. The maximum absolute atomic E-state index is 17.9. The number of rotatable bonds is 60. The van der Waals surface area contributed by atoms with E-state index in [0.717, 1.165) is 212 Å². The van der Waals surface area contributed by atoms with E-state index >= 15 is 28.8 Å². The van der Waals surface area contributed by atoms with Crippen molar-refractivity contribution in [3.63, 3.8) is 0 Å². The molecule has 624 valence electrons. The Hall–Kier alpha value is -8.58. The van der Waals surface area contributed by atoms with Crippen LogP contribution in [0, 0.1) is 0 Å². The van der Waals surface area contributed by atoms with Gasteiger partial charge in [-0.2, -0.15) is 0 Å². The molecule has 6 aromatic rings. The smallest absolute Gasteiger partial charge is 0.339 e. The second kappa shape index (κ2) is 51.4. The molecule has 0 aliphatic heterocycles. The first kappa shape index (κ1) is 92.6. The largest absolute Gasteiger partial charge is 0.494 e. The molecule has 0 heterocycles. The summed E-state index contributed by atoms with van der Waals surface area (Å²) in [4.78, 5) is 101. The van der Waals surface area contributed by atoms with Crippen molar-refractivity contribution >= 4 is 35.3 Å². The van der Waals surface area contributed by atoms with Crippen LogP contribution in [0.1, 0.15) is 335 Å². The van der Waals surface area contributed by atoms with E-state index in [1.54, 1.807) is 0 Å². The van der Waals surface area contributed by atoms with Crippen molar-refractivity contribution < 1.29 is 86.7 Å². The van der Waals surface area contributed by atoms with Crippen LogP contribution >= 0.6 is 0 Å². The number of hydrogen-bond acceptors (Lipinski definition) is 18. The van der Waals surface area contributed by atoms with Gasteiger partial charge in [-0.15, -0.1) is 0 Å². The lowest BCUT2D eigenvalue weighted by atomic mass is 9.52. The first-order valence-electron chi connectivity index (χ1n) is 43.3. The zero-order chi connectivity index (χ0) is 81.7. The lowest BCUT2D eigenvalue weighted by molar-refractivity contribution is -0.293. The van der Waals surface area contributed by atoms with Gasteiger partial charge in [0.05, 0.1) is 56.3 Å². The molecule has 18 heteroatoms. The van der Waals surface area contributed by atoms with Gasteiger partial charge in [-0.1, -0.05) is 234 Å². The molecule has 0 saturated heterocycles. The number of aliphatic hydroxyl groups is 3. The summed E-state index contributed by atoms with van der Waals surface area (Å²) in [6, 6.07) is 33.0. The van der Waals surface area contributed by atoms with Gasteiger partial charge >= 0.3 is 17.9 Å². The number of aliphatic hydroxyl groups excluding tert-OH is 3. The Morgan fingerprint density at radius 1 is 0.237 bits per heavy atom. The Balaban J connectivity index is 1.54. The fraction of sp³-hybridized carbons (Fsp3) is 0.562. The van der Waals surface area contributed by atoms with Gasteiger partial charge in [0, 0.05) is 16.7 Å². The zero-order valence-corrected chi connectivity index (χ0v) is 69.3. The van der Waals surface area contributed by atoms with Crippen molar-refractivity contribution in [3.05, 3.63) is 179 Å². The van der Waals surface area contributed by atoms with Crippen LogP contribution in [0.2, 0.25) is 0 Å². The molecule has 1 aliphatic rings. The van der Waals surface area contributed by atoms with E-state index < -0.39 is 87.1 Å². The normalized spacial score (nSPS) is 17.8. The lowest BCUT2D eigenvalue weighted by Crippen LogP contribution is -2.91. The Morgan fingerprint density at radius 3 is 0.623 bits per heavy atom. The highest BCUT2D eigenvalue weighted by atomic mass is 16.7. The van der Waals surface area contributed by atoms with Crippen LogP contribution in [0.4, 0.5) is 0 Å². The number of hydrogen-bond donors (Lipinski definition) is 3. The van der Waals surface area contributed by atoms with Crippen molar-refractivity contribution in [1.29, 1.82) is 0 Å². The summed E-state index contributed by atoms with van der Waals surface area (Å²) < 4.78 is 57.7. The third-order valence-corrected chi connectivity index (χ3v) is 21.5. The Labute approximate surface area is 679 Å². The van der Waals surface area contributed by atoms with Gasteiger partial charge in [-0.3, -0.25) is 14.4 Å². The van der Waals surface area contributed by atoms with E-state index in [9.17, 15) is 15.3 Å². The third-order valence-electron chi connectivity index (χ3n) is 21.5. The number of unbranched alkanes of at least 4 members (excludes halogenated alkanes) is 30. The lowest BCUT2D eigenvalue weighted by Gasteiger charge is -2.60. The molecule has 18 nitrogen and oxygen atoms in total. The molecular formula is C96H132O18. The summed E-state index contributed by atoms with van der Waals surface area (Å²) in [5.74, 6) is -7.37. The van der Waals surface area contributed by atoms with E-state index in [0.29, 0.717) is 69.5 Å². The minimum Gasteiger partial charge on any atom is -0.494 e. The van der Waals surface area contributed by atoms with Crippen LogP contribution in [-0.2, 0) is 14.2 Å². The SMILES string of the molecule is CCCCCCCCOc1ccc(C(=O)O[C@@]2(C(=O)c3ccc(OCCCCCCCC)cc3)[C@@](OC(=O)c3ccc(OCCCCCCCC)cc3)(C(=O)c3ccc(OCCCCCCCC)cc3)[C@@H](O)[C@H](O)[C@@H](O)[C@@]2(OC(=O)c2ccc(OCCCCCCCC)cc2)C(=O)c2ccc(OCCCCCCCC)cc2)cc1. The van der Waals surface area contributed by atoms with Crippen LogP contribution in [-0.4, -0.2) is 125 Å². The molecule has 0 spiro atoms. The fourth-order valence-electron chi connectivity index (χ4n) is 14.7. The Bertz CT molecular complexity index is 3560. The molecule has 6 atom stereocenters. The summed E-state index contributed by atoms with van der Waals surface area (Å²) in [7, 11) is 0. The van der Waals surface area contributed by atoms with Gasteiger partial charge in [0.2, 0.25) is 17.3 Å². The van der Waals surface area contributed by atoms with Crippen molar-refractivity contribution in [2.75, 3.05) is 39.6 Å². The third kappa shape index (κ3) is 27.0. The Morgan fingerprint density at radius 2 is 0.412 bits per heavy atom.